The van der Waals surface area contributed by atoms with E-state index >= 15 is 0 Å². The highest BCUT2D eigenvalue weighted by molar-refractivity contribution is 7.11. The monoisotopic (exact) mass is 138 g/mol. The van der Waals surface area contributed by atoms with E-state index in [1.54, 1.807) is 11.3 Å². The van der Waals surface area contributed by atoms with Crippen LogP contribution >= 0.6 is 11.3 Å². The molecule has 1 rings (SSSR count). The fourth-order valence-electron chi connectivity index (χ4n) is 0.645. The Labute approximate surface area is 59.8 Å². The molecular formula is C8H10S. The average Bonchev–Trinajstić information content (AvgIpc) is 2.37. The summed E-state index contributed by atoms with van der Waals surface area (Å²) in [6.07, 6.45) is 2.13. The van der Waals surface area contributed by atoms with Crippen LogP contribution in [0.2, 0.25) is 0 Å². The van der Waals surface area contributed by atoms with Crippen molar-refractivity contribution in [3.05, 3.63) is 28.5 Å². The maximum Gasteiger partial charge on any atom is 0.0296 e. The van der Waals surface area contributed by atoms with E-state index in [0.29, 0.717) is 0 Å². The number of hydrogen-bond acceptors (Lipinski definition) is 1. The normalized spacial score (nSPS) is 12.0. The molecule has 1 aromatic rings. The molecule has 9 heavy (non-hydrogen) atoms. The maximum absolute atomic E-state index is 2.14. The first-order valence-corrected chi connectivity index (χ1v) is 3.89. The minimum absolute atomic E-state index is 1.37. The fraction of sp³-hybridized carbons (Fsp3) is 0.250. The van der Waals surface area contributed by atoms with Crippen LogP contribution in [0.3, 0.4) is 0 Å². The molecule has 1 heteroatoms. The molecule has 0 radical (unpaired) electrons. The van der Waals surface area contributed by atoms with Crippen molar-refractivity contribution in [2.24, 2.45) is 0 Å². The van der Waals surface area contributed by atoms with Crippen molar-refractivity contribution >= 4 is 16.9 Å². The molecule has 0 amide bonds. The molecule has 0 saturated carbocycles. The van der Waals surface area contributed by atoms with Gasteiger partial charge in [-0.15, -0.1) is 11.3 Å². The Hall–Kier alpha value is -0.560. The van der Waals surface area contributed by atoms with Crippen molar-refractivity contribution in [3.8, 4) is 0 Å². The Morgan fingerprint density at radius 1 is 1.67 bits per heavy atom. The Balaban J connectivity index is 2.90. The van der Waals surface area contributed by atoms with Crippen molar-refractivity contribution < 1.29 is 0 Å². The van der Waals surface area contributed by atoms with Crippen LogP contribution < -0.4 is 0 Å². The van der Waals surface area contributed by atoms with Gasteiger partial charge in [0.05, 0.1) is 0 Å². The highest BCUT2D eigenvalue weighted by Gasteiger charge is 1.91. The van der Waals surface area contributed by atoms with E-state index in [-0.39, 0.29) is 0 Å². The molecule has 0 atom stereocenters. The SMILES string of the molecule is C/C=C(/C)c1cccs1. The van der Waals surface area contributed by atoms with Gasteiger partial charge in [-0.25, -0.2) is 0 Å². The Bertz CT molecular complexity index is 194. The van der Waals surface area contributed by atoms with Crippen molar-refractivity contribution in [3.63, 3.8) is 0 Å². The van der Waals surface area contributed by atoms with Gasteiger partial charge in [-0.1, -0.05) is 12.1 Å². The predicted molar refractivity (Wildman–Crippen MR) is 43.6 cm³/mol. The number of rotatable bonds is 1. The Morgan fingerprint density at radius 2 is 2.44 bits per heavy atom. The Morgan fingerprint density at radius 3 is 2.89 bits per heavy atom. The van der Waals surface area contributed by atoms with Gasteiger partial charge in [-0.2, -0.15) is 0 Å². The number of hydrogen-bond donors (Lipinski definition) is 0. The standard InChI is InChI=1S/C8H10S/c1-3-7(2)8-5-4-6-9-8/h3-6H,1-2H3/b7-3-. The number of allylic oxidation sites excluding steroid dienone is 2. The second-order valence-electron chi connectivity index (χ2n) is 1.95. The topological polar surface area (TPSA) is 0 Å². The van der Waals surface area contributed by atoms with Gasteiger partial charge in [-0.05, 0) is 30.9 Å². The molecule has 0 aliphatic carbocycles. The lowest BCUT2D eigenvalue weighted by atomic mass is 10.2. The van der Waals surface area contributed by atoms with E-state index in [1.807, 2.05) is 0 Å². The lowest BCUT2D eigenvalue weighted by Gasteiger charge is -1.90. The van der Waals surface area contributed by atoms with E-state index in [1.165, 1.54) is 10.5 Å². The van der Waals surface area contributed by atoms with Gasteiger partial charge in [0.25, 0.3) is 0 Å². The predicted octanol–water partition coefficient (Wildman–Crippen LogP) is 3.17. The van der Waals surface area contributed by atoms with Crippen molar-refractivity contribution in [2.75, 3.05) is 0 Å². The second-order valence-corrected chi connectivity index (χ2v) is 2.90. The quantitative estimate of drug-likeness (QED) is 0.559. The van der Waals surface area contributed by atoms with E-state index in [2.05, 4.69) is 37.4 Å². The third kappa shape index (κ3) is 1.42. The number of thiophene rings is 1. The zero-order chi connectivity index (χ0) is 6.69. The van der Waals surface area contributed by atoms with Gasteiger partial charge in [0, 0.05) is 4.88 Å². The molecule has 0 unspecified atom stereocenters. The van der Waals surface area contributed by atoms with Crippen LogP contribution in [0.15, 0.2) is 23.6 Å². The minimum Gasteiger partial charge on any atom is -0.144 e. The molecule has 0 spiro atoms. The van der Waals surface area contributed by atoms with E-state index in [4.69, 9.17) is 0 Å². The molecule has 0 aliphatic rings. The highest BCUT2D eigenvalue weighted by Crippen LogP contribution is 2.18. The van der Waals surface area contributed by atoms with Crippen LogP contribution in [0.1, 0.15) is 18.7 Å². The lowest BCUT2D eigenvalue weighted by molar-refractivity contribution is 1.64. The molecule has 1 aromatic heterocycles. The second kappa shape index (κ2) is 2.83. The summed E-state index contributed by atoms with van der Waals surface area (Å²) in [5, 5.41) is 2.10. The first-order valence-electron chi connectivity index (χ1n) is 3.01. The van der Waals surface area contributed by atoms with E-state index in [9.17, 15) is 0 Å². The minimum atomic E-state index is 1.37. The molecular weight excluding hydrogens is 128 g/mol. The third-order valence-electron chi connectivity index (χ3n) is 1.34. The molecule has 0 aliphatic heterocycles. The summed E-state index contributed by atoms with van der Waals surface area (Å²) < 4.78 is 0. The van der Waals surface area contributed by atoms with Crippen molar-refractivity contribution in [1.29, 1.82) is 0 Å². The molecule has 0 saturated heterocycles. The van der Waals surface area contributed by atoms with Gasteiger partial charge in [0.15, 0.2) is 0 Å². The molecule has 0 N–H and O–H groups in total. The zero-order valence-corrected chi connectivity index (χ0v) is 6.53. The van der Waals surface area contributed by atoms with Gasteiger partial charge in [0.1, 0.15) is 0 Å². The van der Waals surface area contributed by atoms with E-state index < -0.39 is 0 Å². The summed E-state index contributed by atoms with van der Waals surface area (Å²) in [6, 6.07) is 4.22. The third-order valence-corrected chi connectivity index (χ3v) is 2.35. The van der Waals surface area contributed by atoms with Crippen LogP contribution in [0.25, 0.3) is 5.57 Å². The molecule has 0 bridgehead atoms. The van der Waals surface area contributed by atoms with Crippen LogP contribution in [0.5, 0.6) is 0 Å². The van der Waals surface area contributed by atoms with Crippen molar-refractivity contribution in [2.45, 2.75) is 13.8 Å². The highest BCUT2D eigenvalue weighted by atomic mass is 32.1. The van der Waals surface area contributed by atoms with Gasteiger partial charge < -0.3 is 0 Å². The van der Waals surface area contributed by atoms with E-state index in [0.717, 1.165) is 0 Å². The molecule has 0 nitrogen and oxygen atoms in total. The average molecular weight is 138 g/mol. The van der Waals surface area contributed by atoms with Gasteiger partial charge in [-0.3, -0.25) is 0 Å². The lowest BCUT2D eigenvalue weighted by Crippen LogP contribution is -1.66. The molecule has 0 fully saturated rings. The summed E-state index contributed by atoms with van der Waals surface area (Å²) in [5.74, 6) is 0. The first-order chi connectivity index (χ1) is 4.34. The summed E-state index contributed by atoms with van der Waals surface area (Å²) in [4.78, 5) is 1.37. The van der Waals surface area contributed by atoms with Crippen LogP contribution in [0, 0.1) is 0 Å². The first kappa shape index (κ1) is 6.56. The van der Waals surface area contributed by atoms with Crippen LogP contribution in [0.4, 0.5) is 0 Å². The molecule has 0 aromatic carbocycles. The van der Waals surface area contributed by atoms with Crippen LogP contribution in [-0.2, 0) is 0 Å². The summed E-state index contributed by atoms with van der Waals surface area (Å²) >= 11 is 1.79. The zero-order valence-electron chi connectivity index (χ0n) is 5.72. The van der Waals surface area contributed by atoms with Crippen molar-refractivity contribution in [1.82, 2.24) is 0 Å². The smallest absolute Gasteiger partial charge is 0.0296 e. The molecule has 1 heterocycles. The van der Waals surface area contributed by atoms with Crippen LogP contribution in [-0.4, -0.2) is 0 Å². The fourth-order valence-corrected chi connectivity index (χ4v) is 1.41. The maximum atomic E-state index is 2.14. The Kier molecular flexibility index (Phi) is 2.06. The van der Waals surface area contributed by atoms with Gasteiger partial charge in [0.2, 0.25) is 0 Å². The van der Waals surface area contributed by atoms with Gasteiger partial charge >= 0.3 is 0 Å². The largest absolute Gasteiger partial charge is 0.144 e. The summed E-state index contributed by atoms with van der Waals surface area (Å²) in [5.41, 5.74) is 1.37. The summed E-state index contributed by atoms with van der Waals surface area (Å²) in [7, 11) is 0. The molecule has 48 valence electrons. The summed E-state index contributed by atoms with van der Waals surface area (Å²) in [6.45, 7) is 4.20.